The molecule has 2 aliphatic rings. The Hall–Kier alpha value is -2.83. The summed E-state index contributed by atoms with van der Waals surface area (Å²) in [6.07, 6.45) is 7.71. The number of nitrogens with two attached hydrogens (primary N) is 1. The number of morpholine rings is 1. The van der Waals surface area contributed by atoms with Crippen LogP contribution in [0.25, 0.3) is 16.8 Å². The summed E-state index contributed by atoms with van der Waals surface area (Å²) in [6, 6.07) is 2.11. The molecule has 11 nitrogen and oxygen atoms in total. The Kier molecular flexibility index (Phi) is 6.60. The first kappa shape index (κ1) is 23.9. The number of fused-ring (bicyclic) bond motifs is 1. The molecule has 2 aliphatic heterocycles. The van der Waals surface area contributed by atoms with Crippen LogP contribution in [0, 0.1) is 5.92 Å². The number of aromatic nitrogens is 5. The average molecular weight is 501 g/mol. The van der Waals surface area contributed by atoms with Crippen molar-refractivity contribution < 1.29 is 13.2 Å². The van der Waals surface area contributed by atoms with Crippen molar-refractivity contribution in [1.82, 2.24) is 28.9 Å². The number of rotatable bonds is 6. The van der Waals surface area contributed by atoms with Crippen LogP contribution in [0.1, 0.15) is 32.4 Å². The van der Waals surface area contributed by atoms with Gasteiger partial charge >= 0.3 is 0 Å². The van der Waals surface area contributed by atoms with E-state index in [2.05, 4.69) is 20.9 Å². The molecule has 3 aromatic rings. The maximum absolute atomic E-state index is 12.5. The molecule has 0 unspecified atom stereocenters. The largest absolute Gasteiger partial charge is 0.378 e. The summed E-state index contributed by atoms with van der Waals surface area (Å²) in [5, 5.41) is 4.50. The highest BCUT2D eigenvalue weighted by atomic mass is 32.2. The molecule has 0 amide bonds. The van der Waals surface area contributed by atoms with Crippen molar-refractivity contribution in [1.29, 1.82) is 0 Å². The van der Waals surface area contributed by atoms with E-state index in [1.54, 1.807) is 30.5 Å². The molecule has 0 radical (unpaired) electrons. The molecule has 2 fully saturated rings. The van der Waals surface area contributed by atoms with Crippen molar-refractivity contribution >= 4 is 27.3 Å². The molecular formula is C23H32N8O3S. The van der Waals surface area contributed by atoms with Crippen molar-refractivity contribution in [3.05, 3.63) is 30.4 Å². The van der Waals surface area contributed by atoms with E-state index in [-0.39, 0.29) is 11.2 Å². The third-order valence-electron chi connectivity index (χ3n) is 6.79. The fraction of sp³-hybridized carbons (Fsp3) is 0.565. The molecule has 35 heavy (non-hydrogen) atoms. The second-order valence-corrected chi connectivity index (χ2v) is 12.0. The molecular weight excluding hydrogens is 468 g/mol. The van der Waals surface area contributed by atoms with E-state index in [0.717, 1.165) is 60.6 Å². The second-order valence-electron chi connectivity index (χ2n) is 9.48. The van der Waals surface area contributed by atoms with Gasteiger partial charge in [0.25, 0.3) is 0 Å². The maximum atomic E-state index is 12.5. The molecule has 0 atom stereocenters. The second kappa shape index (κ2) is 9.67. The molecule has 2 saturated heterocycles. The number of nitrogen functional groups attached to an aromatic ring is 1. The molecule has 188 valence electrons. The first-order chi connectivity index (χ1) is 16.8. The normalized spacial score (nSPS) is 18.5. The van der Waals surface area contributed by atoms with Crippen LogP contribution in [0.2, 0.25) is 0 Å². The lowest BCUT2D eigenvalue weighted by atomic mass is 9.93. The van der Waals surface area contributed by atoms with E-state index in [1.807, 2.05) is 10.7 Å². The third kappa shape index (κ3) is 4.95. The van der Waals surface area contributed by atoms with Gasteiger partial charge in [-0.15, -0.1) is 0 Å². The monoisotopic (exact) mass is 500 g/mol. The van der Waals surface area contributed by atoms with Gasteiger partial charge in [0.2, 0.25) is 16.0 Å². The highest BCUT2D eigenvalue weighted by molar-refractivity contribution is 7.89. The predicted octanol–water partition coefficient (Wildman–Crippen LogP) is 1.60. The lowest BCUT2D eigenvalue weighted by Crippen LogP contribution is -2.42. The highest BCUT2D eigenvalue weighted by Crippen LogP contribution is 2.29. The highest BCUT2D eigenvalue weighted by Gasteiger charge is 2.30. The number of anilines is 2. The van der Waals surface area contributed by atoms with Crippen LogP contribution < -0.4 is 10.6 Å². The Morgan fingerprint density at radius 2 is 1.80 bits per heavy atom. The van der Waals surface area contributed by atoms with Crippen LogP contribution in [0.15, 0.2) is 24.7 Å². The molecule has 0 bridgehead atoms. The predicted molar refractivity (Wildman–Crippen MR) is 134 cm³/mol. The molecule has 0 aliphatic carbocycles. The lowest BCUT2D eigenvalue weighted by molar-refractivity contribution is 0.122. The number of piperidine rings is 1. The average Bonchev–Trinajstić information content (AvgIpc) is 3.27. The zero-order chi connectivity index (χ0) is 24.6. The van der Waals surface area contributed by atoms with Crippen LogP contribution in [0.5, 0.6) is 0 Å². The van der Waals surface area contributed by atoms with Gasteiger partial charge in [-0.1, -0.05) is 0 Å². The maximum Gasteiger partial charge on any atom is 0.219 e. The van der Waals surface area contributed by atoms with Crippen LogP contribution in [0.4, 0.5) is 11.8 Å². The Morgan fingerprint density at radius 1 is 1.11 bits per heavy atom. The smallest absolute Gasteiger partial charge is 0.219 e. The zero-order valence-corrected chi connectivity index (χ0v) is 21.0. The Morgan fingerprint density at radius 3 is 2.46 bits per heavy atom. The van der Waals surface area contributed by atoms with E-state index in [0.29, 0.717) is 32.2 Å². The molecule has 0 saturated carbocycles. The molecule has 0 spiro atoms. The van der Waals surface area contributed by atoms with E-state index >= 15 is 0 Å². The van der Waals surface area contributed by atoms with Crippen molar-refractivity contribution in [3.8, 4) is 11.3 Å². The number of hydrogen-bond acceptors (Lipinski definition) is 9. The van der Waals surface area contributed by atoms with E-state index < -0.39 is 10.0 Å². The van der Waals surface area contributed by atoms with Gasteiger partial charge in [0.15, 0.2) is 5.82 Å². The van der Waals surface area contributed by atoms with Crippen LogP contribution in [0.3, 0.4) is 0 Å². The minimum atomic E-state index is -3.20. The molecule has 5 heterocycles. The van der Waals surface area contributed by atoms with E-state index in [4.69, 9.17) is 20.6 Å². The van der Waals surface area contributed by atoms with Crippen LogP contribution >= 0.6 is 0 Å². The van der Waals surface area contributed by atoms with Gasteiger partial charge < -0.3 is 15.4 Å². The van der Waals surface area contributed by atoms with Crippen molar-refractivity contribution in [3.63, 3.8) is 0 Å². The van der Waals surface area contributed by atoms with Gasteiger partial charge in [-0.2, -0.15) is 5.10 Å². The van der Waals surface area contributed by atoms with Gasteiger partial charge in [0.1, 0.15) is 5.52 Å². The standard InChI is InChI=1S/C23H32N8O3S/c1-16(2)35(32,33)30-5-3-17(4-6-30)11-19-12-21-22(29-7-9-34-10-8-29)27-20(15-31(21)28-19)18-13-25-23(24)26-14-18/h12-17H,3-11H2,1-2H3,(H2,24,25,26). The summed E-state index contributed by atoms with van der Waals surface area (Å²) >= 11 is 0. The fourth-order valence-corrected chi connectivity index (χ4v) is 6.02. The molecule has 2 N–H and O–H groups in total. The number of ether oxygens (including phenoxy) is 1. The van der Waals surface area contributed by atoms with Gasteiger partial charge in [-0.05, 0) is 45.1 Å². The van der Waals surface area contributed by atoms with Crippen molar-refractivity contribution in [2.45, 2.75) is 38.4 Å². The first-order valence-corrected chi connectivity index (χ1v) is 13.6. The Balaban J connectivity index is 1.41. The summed E-state index contributed by atoms with van der Waals surface area (Å²) in [4.78, 5) is 15.4. The van der Waals surface area contributed by atoms with E-state index in [9.17, 15) is 8.42 Å². The van der Waals surface area contributed by atoms with Gasteiger partial charge in [0, 0.05) is 44.1 Å². The van der Waals surface area contributed by atoms with Crippen molar-refractivity contribution in [2.24, 2.45) is 5.92 Å². The zero-order valence-electron chi connectivity index (χ0n) is 20.2. The number of nitrogens with zero attached hydrogens (tertiary/aromatic N) is 7. The van der Waals surface area contributed by atoms with Crippen molar-refractivity contribution in [2.75, 3.05) is 50.0 Å². The first-order valence-electron chi connectivity index (χ1n) is 12.1. The Bertz CT molecular complexity index is 1280. The number of sulfonamides is 1. The van der Waals surface area contributed by atoms with Crippen LogP contribution in [-0.2, 0) is 21.2 Å². The summed E-state index contributed by atoms with van der Waals surface area (Å²) in [5.74, 6) is 1.47. The van der Waals surface area contributed by atoms with Gasteiger partial charge in [0.05, 0.1) is 36.0 Å². The Labute approximate surface area is 205 Å². The summed E-state index contributed by atoms with van der Waals surface area (Å²) in [6.45, 7) is 7.44. The van der Waals surface area contributed by atoms with Gasteiger partial charge in [-0.25, -0.2) is 32.2 Å². The quantitative estimate of drug-likeness (QED) is 0.536. The van der Waals surface area contributed by atoms with E-state index in [1.165, 1.54) is 0 Å². The van der Waals surface area contributed by atoms with Crippen LogP contribution in [-0.4, -0.2) is 81.9 Å². The minimum absolute atomic E-state index is 0.219. The minimum Gasteiger partial charge on any atom is -0.378 e. The fourth-order valence-electron chi connectivity index (χ4n) is 4.71. The molecule has 3 aromatic heterocycles. The summed E-state index contributed by atoms with van der Waals surface area (Å²) in [7, 11) is -3.20. The lowest BCUT2D eigenvalue weighted by Gasteiger charge is -2.32. The number of hydrogen-bond donors (Lipinski definition) is 1. The molecule has 0 aromatic carbocycles. The van der Waals surface area contributed by atoms with Gasteiger partial charge in [-0.3, -0.25) is 0 Å². The summed E-state index contributed by atoms with van der Waals surface area (Å²) < 4.78 is 34.1. The third-order valence-corrected chi connectivity index (χ3v) is 9.07. The molecule has 12 heteroatoms. The summed E-state index contributed by atoms with van der Waals surface area (Å²) in [5.41, 5.74) is 9.09. The molecule has 5 rings (SSSR count). The topological polar surface area (TPSA) is 132 Å². The SMILES string of the molecule is CC(C)S(=O)(=O)N1CCC(Cc2cc3c(N4CCOCC4)nc(-c4cnc(N)nc4)cn3n2)CC1.